The maximum Gasteiger partial charge on any atom is 0.262 e. The van der Waals surface area contributed by atoms with Gasteiger partial charge in [-0.1, -0.05) is 12.1 Å². The molecule has 7 heteroatoms. The van der Waals surface area contributed by atoms with Crippen molar-refractivity contribution in [2.24, 2.45) is 0 Å². The fourth-order valence-electron chi connectivity index (χ4n) is 3.25. The number of carbonyl (C=O) groups excluding carboxylic acids is 2. The molecular formula is C23H29ClN2O4. The third kappa shape index (κ3) is 7.04. The molecular weight excluding hydrogens is 404 g/mol. The number of hydrogen-bond acceptors (Lipinski definition) is 5. The zero-order chi connectivity index (χ0) is 20.5. The SMILES string of the molecule is CCOc1cccc(CCNCCCCC(=O)c2ccc3c(c2)NC(=O)CO3)c1.Cl. The second-order valence-electron chi connectivity index (χ2n) is 7.01. The van der Waals surface area contributed by atoms with Gasteiger partial charge in [0.2, 0.25) is 0 Å². The molecule has 162 valence electrons. The molecule has 0 aliphatic carbocycles. The normalized spacial score (nSPS) is 12.2. The molecule has 2 aromatic carbocycles. The van der Waals surface area contributed by atoms with Crippen LogP contribution in [0.4, 0.5) is 5.69 Å². The maximum atomic E-state index is 12.4. The lowest BCUT2D eigenvalue weighted by Gasteiger charge is -2.18. The summed E-state index contributed by atoms with van der Waals surface area (Å²) in [6, 6.07) is 13.4. The highest BCUT2D eigenvalue weighted by Crippen LogP contribution is 2.29. The fourth-order valence-corrected chi connectivity index (χ4v) is 3.25. The van der Waals surface area contributed by atoms with Crippen LogP contribution in [-0.2, 0) is 11.2 Å². The molecule has 1 aliphatic heterocycles. The first kappa shape index (κ1) is 23.7. The standard InChI is InChI=1S/C23H28N2O4.ClH/c1-2-28-19-7-5-6-17(14-19)11-13-24-12-4-3-8-21(26)18-9-10-22-20(15-18)25-23(27)16-29-22;/h5-7,9-10,14-15,24H,2-4,8,11-13,16H2,1H3,(H,25,27);1H. The topological polar surface area (TPSA) is 76.7 Å². The second-order valence-corrected chi connectivity index (χ2v) is 7.01. The highest BCUT2D eigenvalue weighted by molar-refractivity contribution is 6.00. The Balaban J connectivity index is 0.00000320. The summed E-state index contributed by atoms with van der Waals surface area (Å²) in [5, 5.41) is 6.16. The Bertz CT molecular complexity index is 857. The third-order valence-electron chi connectivity index (χ3n) is 4.74. The quantitative estimate of drug-likeness (QED) is 0.414. The zero-order valence-electron chi connectivity index (χ0n) is 17.2. The van der Waals surface area contributed by atoms with Crippen LogP contribution in [0.2, 0.25) is 0 Å². The average molecular weight is 433 g/mol. The molecule has 3 rings (SSSR count). The van der Waals surface area contributed by atoms with Gasteiger partial charge in [-0.3, -0.25) is 9.59 Å². The average Bonchev–Trinajstić information content (AvgIpc) is 2.73. The number of unbranched alkanes of at least 4 members (excludes halogenated alkanes) is 1. The van der Waals surface area contributed by atoms with Crippen molar-refractivity contribution in [1.29, 1.82) is 0 Å². The van der Waals surface area contributed by atoms with Crippen LogP contribution in [0.25, 0.3) is 0 Å². The lowest BCUT2D eigenvalue weighted by atomic mass is 10.0. The number of anilines is 1. The molecule has 0 saturated heterocycles. The maximum absolute atomic E-state index is 12.4. The molecule has 1 aliphatic rings. The Hall–Kier alpha value is -2.57. The first-order valence-electron chi connectivity index (χ1n) is 10.2. The summed E-state index contributed by atoms with van der Waals surface area (Å²) < 4.78 is 10.8. The van der Waals surface area contributed by atoms with Crippen LogP contribution in [0.1, 0.15) is 42.1 Å². The van der Waals surface area contributed by atoms with Gasteiger partial charge in [0.15, 0.2) is 12.4 Å². The summed E-state index contributed by atoms with van der Waals surface area (Å²) in [6.07, 6.45) is 3.20. The van der Waals surface area contributed by atoms with E-state index in [1.807, 2.05) is 19.1 Å². The number of rotatable bonds is 11. The van der Waals surface area contributed by atoms with Gasteiger partial charge in [-0.15, -0.1) is 12.4 Å². The van der Waals surface area contributed by atoms with E-state index in [4.69, 9.17) is 9.47 Å². The van der Waals surface area contributed by atoms with E-state index in [1.165, 1.54) is 5.56 Å². The van der Waals surface area contributed by atoms with Crippen molar-refractivity contribution in [3.63, 3.8) is 0 Å². The molecule has 0 radical (unpaired) electrons. The largest absolute Gasteiger partial charge is 0.494 e. The van der Waals surface area contributed by atoms with Crippen molar-refractivity contribution in [3.05, 3.63) is 53.6 Å². The number of amides is 1. The van der Waals surface area contributed by atoms with Gasteiger partial charge in [-0.2, -0.15) is 0 Å². The predicted molar refractivity (Wildman–Crippen MR) is 120 cm³/mol. The van der Waals surface area contributed by atoms with Crippen molar-refractivity contribution in [3.8, 4) is 11.5 Å². The van der Waals surface area contributed by atoms with Crippen LogP contribution < -0.4 is 20.1 Å². The Morgan fingerprint density at radius 2 is 2.03 bits per heavy atom. The van der Waals surface area contributed by atoms with Crippen molar-refractivity contribution in [2.45, 2.75) is 32.6 Å². The van der Waals surface area contributed by atoms with Gasteiger partial charge in [0.05, 0.1) is 12.3 Å². The molecule has 1 amide bonds. The smallest absolute Gasteiger partial charge is 0.262 e. The molecule has 0 fully saturated rings. The minimum Gasteiger partial charge on any atom is -0.494 e. The lowest BCUT2D eigenvalue weighted by molar-refractivity contribution is -0.118. The van der Waals surface area contributed by atoms with Crippen molar-refractivity contribution in [1.82, 2.24) is 5.32 Å². The van der Waals surface area contributed by atoms with Crippen LogP contribution in [0.15, 0.2) is 42.5 Å². The number of halogens is 1. The molecule has 0 saturated carbocycles. The Morgan fingerprint density at radius 3 is 2.87 bits per heavy atom. The molecule has 2 N–H and O–H groups in total. The van der Waals surface area contributed by atoms with Gasteiger partial charge in [-0.25, -0.2) is 0 Å². The number of benzene rings is 2. The summed E-state index contributed by atoms with van der Waals surface area (Å²) in [6.45, 7) is 4.46. The highest BCUT2D eigenvalue weighted by Gasteiger charge is 2.17. The zero-order valence-corrected chi connectivity index (χ0v) is 18.1. The van der Waals surface area contributed by atoms with Gasteiger partial charge < -0.3 is 20.1 Å². The van der Waals surface area contributed by atoms with Crippen LogP contribution in [-0.4, -0.2) is 38.0 Å². The van der Waals surface area contributed by atoms with E-state index >= 15 is 0 Å². The van der Waals surface area contributed by atoms with Crippen LogP contribution in [0, 0.1) is 0 Å². The summed E-state index contributed by atoms with van der Waals surface area (Å²) in [5.74, 6) is 1.41. The fraction of sp³-hybridized carbons (Fsp3) is 0.391. The number of hydrogen-bond donors (Lipinski definition) is 2. The Morgan fingerprint density at radius 1 is 1.17 bits per heavy atom. The summed E-state index contributed by atoms with van der Waals surface area (Å²) in [4.78, 5) is 23.8. The molecule has 6 nitrogen and oxygen atoms in total. The van der Waals surface area contributed by atoms with E-state index in [0.29, 0.717) is 30.0 Å². The first-order valence-corrected chi connectivity index (χ1v) is 10.2. The highest BCUT2D eigenvalue weighted by atomic mass is 35.5. The summed E-state index contributed by atoms with van der Waals surface area (Å²) in [5.41, 5.74) is 2.43. The minimum atomic E-state index is -0.196. The number of ketones is 1. The number of Topliss-reactive ketones (excluding diaryl/α,β-unsaturated/α-hetero) is 1. The molecule has 2 aromatic rings. The first-order chi connectivity index (χ1) is 14.2. The minimum absolute atomic E-state index is 0. The van der Waals surface area contributed by atoms with E-state index in [2.05, 4.69) is 22.8 Å². The number of fused-ring (bicyclic) bond motifs is 1. The number of carbonyl (C=O) groups is 2. The number of nitrogens with one attached hydrogen (secondary N) is 2. The van der Waals surface area contributed by atoms with Crippen molar-refractivity contribution >= 4 is 29.8 Å². The van der Waals surface area contributed by atoms with Gasteiger partial charge in [0.1, 0.15) is 11.5 Å². The second kappa shape index (κ2) is 12.2. The van der Waals surface area contributed by atoms with E-state index in [-0.39, 0.29) is 30.7 Å². The van der Waals surface area contributed by atoms with Gasteiger partial charge >= 0.3 is 0 Å². The monoisotopic (exact) mass is 432 g/mol. The molecule has 0 bridgehead atoms. The van der Waals surface area contributed by atoms with E-state index < -0.39 is 0 Å². The lowest BCUT2D eigenvalue weighted by Crippen LogP contribution is -2.25. The summed E-state index contributed by atoms with van der Waals surface area (Å²) in [7, 11) is 0. The van der Waals surface area contributed by atoms with E-state index in [1.54, 1.807) is 18.2 Å². The molecule has 30 heavy (non-hydrogen) atoms. The predicted octanol–water partition coefficient (Wildman–Crippen LogP) is 4.02. The Labute approximate surface area is 183 Å². The van der Waals surface area contributed by atoms with E-state index in [9.17, 15) is 9.59 Å². The van der Waals surface area contributed by atoms with Crippen LogP contribution in [0.5, 0.6) is 11.5 Å². The number of ether oxygens (including phenoxy) is 2. The molecule has 1 heterocycles. The van der Waals surface area contributed by atoms with Crippen LogP contribution in [0.3, 0.4) is 0 Å². The van der Waals surface area contributed by atoms with Gasteiger partial charge in [0, 0.05) is 12.0 Å². The van der Waals surface area contributed by atoms with Crippen LogP contribution >= 0.6 is 12.4 Å². The van der Waals surface area contributed by atoms with Gasteiger partial charge in [0.25, 0.3) is 5.91 Å². The molecule has 0 spiro atoms. The molecule has 0 unspecified atom stereocenters. The Kier molecular flexibility index (Phi) is 9.64. The third-order valence-corrected chi connectivity index (χ3v) is 4.74. The van der Waals surface area contributed by atoms with Crippen molar-refractivity contribution in [2.75, 3.05) is 31.6 Å². The summed E-state index contributed by atoms with van der Waals surface area (Å²) >= 11 is 0. The van der Waals surface area contributed by atoms with Gasteiger partial charge in [-0.05, 0) is 75.2 Å². The molecule has 0 atom stereocenters. The van der Waals surface area contributed by atoms with Crippen molar-refractivity contribution < 1.29 is 19.1 Å². The molecule has 0 aromatic heterocycles. The van der Waals surface area contributed by atoms with E-state index in [0.717, 1.165) is 38.1 Å².